The number of carbonyl (C=O) groups excluding carboxylic acids is 2. The molecule has 56 heavy (non-hydrogen) atoms. The Kier molecular flexibility index (Phi) is 9.90. The van der Waals surface area contributed by atoms with Gasteiger partial charge in [-0.05, 0) is 55.4 Å². The van der Waals surface area contributed by atoms with Gasteiger partial charge in [-0.25, -0.2) is 13.8 Å². The Morgan fingerprint density at radius 3 is 2.38 bits per heavy atom. The van der Waals surface area contributed by atoms with Crippen molar-refractivity contribution in [2.24, 2.45) is 21.6 Å². The molecule has 2 saturated carbocycles. The fraction of sp³-hybridized carbons (Fsp3) is 0.472. The molecule has 0 saturated heterocycles. The van der Waals surface area contributed by atoms with Gasteiger partial charge in [0.05, 0.1) is 35.1 Å². The summed E-state index contributed by atoms with van der Waals surface area (Å²) < 4.78 is 105. The lowest BCUT2D eigenvalue weighted by Crippen LogP contribution is -2.49. The Bertz CT molecular complexity index is 2160. The number of nitrogens with zero attached hydrogens (tertiary/aromatic N) is 8. The molecule has 2 fully saturated rings. The molecule has 4 aromatic rings. The van der Waals surface area contributed by atoms with Crippen LogP contribution in [0.5, 0.6) is 0 Å². The zero-order valence-electron chi connectivity index (χ0n) is 29.9. The number of benzene rings is 2. The van der Waals surface area contributed by atoms with Crippen molar-refractivity contribution < 1.29 is 49.7 Å². The highest BCUT2D eigenvalue weighted by Gasteiger charge is 2.59. The lowest BCUT2D eigenvalue weighted by molar-refractivity contribution is -0.701. The molecule has 0 radical (unpaired) electrons. The van der Waals surface area contributed by atoms with Crippen LogP contribution in [-0.2, 0) is 19.9 Å². The SMILES string of the molecule is CC(C)(C[C@]1(c2ccc(-c3cnn(C4CC4)n3)cc2)N=C(N)N([C@H](COC(=O)CC2(C(F)F)CC2)c2ccc(Cl)c(-[n+]3ccnn3C(F)F)c2)C1=O)C(F)(F)F. The van der Waals surface area contributed by atoms with Gasteiger partial charge in [0.2, 0.25) is 12.6 Å². The molecule has 298 valence electrons. The Balaban J connectivity index is 1.29. The van der Waals surface area contributed by atoms with Gasteiger partial charge in [-0.3, -0.25) is 14.5 Å². The predicted molar refractivity (Wildman–Crippen MR) is 184 cm³/mol. The molecule has 2 aromatic heterocycles. The standard InChI is InChI=1S/C36H36ClF7N9O3/c1-33(2,36(42,43)44)19-35(22-6-3-20(4-7-22)25-17-47-52(49-25)23-8-9-23)30(55)51(32(45)48-35)27(18-56-28(54)16-34(11-12-34)29(38)39)21-5-10-24(37)26(15-21)50-14-13-46-53(50)31(40)41/h3-7,10,13-15,17,23,27,29,31H,8-9,11-12,16,18-19H2,1-2H3,(H2,45,48)/q+1/t27-,35-/m1/s1. The molecule has 7 rings (SSSR count). The first-order valence-electron chi connectivity index (χ1n) is 17.6. The van der Waals surface area contributed by atoms with Gasteiger partial charge >= 0.3 is 18.7 Å². The number of halogens is 8. The minimum absolute atomic E-state index is 0.0441. The first kappa shape index (κ1) is 39.2. The third-order valence-corrected chi connectivity index (χ3v) is 10.9. The number of esters is 1. The van der Waals surface area contributed by atoms with Gasteiger partial charge in [-0.2, -0.15) is 36.9 Å². The van der Waals surface area contributed by atoms with Crippen LogP contribution in [-0.4, -0.2) is 66.8 Å². The summed E-state index contributed by atoms with van der Waals surface area (Å²) in [5.41, 5.74) is 1.26. The van der Waals surface area contributed by atoms with Crippen molar-refractivity contribution in [3.8, 4) is 16.9 Å². The average molecular weight is 811 g/mol. The smallest absolute Gasteiger partial charge is 0.394 e. The van der Waals surface area contributed by atoms with E-state index in [2.05, 4.69) is 20.3 Å². The summed E-state index contributed by atoms with van der Waals surface area (Å²) in [7, 11) is 0. The maximum Gasteiger partial charge on any atom is 0.394 e. The van der Waals surface area contributed by atoms with Crippen LogP contribution >= 0.6 is 11.6 Å². The normalized spacial score (nSPS) is 20.2. The van der Waals surface area contributed by atoms with Crippen LogP contribution in [0.3, 0.4) is 0 Å². The molecular weight excluding hydrogens is 775 g/mol. The van der Waals surface area contributed by atoms with Crippen LogP contribution in [0.4, 0.5) is 30.7 Å². The number of hydrogen-bond acceptors (Lipinski definition) is 8. The lowest BCUT2D eigenvalue weighted by Gasteiger charge is -2.37. The Labute approximate surface area is 320 Å². The molecule has 0 unspecified atom stereocenters. The van der Waals surface area contributed by atoms with E-state index >= 15 is 0 Å². The number of rotatable bonds is 14. The summed E-state index contributed by atoms with van der Waals surface area (Å²) in [5.74, 6) is -2.58. The average Bonchev–Trinajstić information content (AvgIpc) is 4.00. The molecule has 0 spiro atoms. The van der Waals surface area contributed by atoms with E-state index in [-0.39, 0.29) is 40.7 Å². The summed E-state index contributed by atoms with van der Waals surface area (Å²) in [5, 5.41) is 12.3. The first-order chi connectivity index (χ1) is 26.4. The van der Waals surface area contributed by atoms with E-state index in [9.17, 15) is 40.3 Å². The van der Waals surface area contributed by atoms with Gasteiger partial charge < -0.3 is 10.5 Å². The fourth-order valence-electron chi connectivity index (χ4n) is 6.85. The summed E-state index contributed by atoms with van der Waals surface area (Å²) in [6, 6.07) is 8.76. The maximum atomic E-state index is 14.9. The highest BCUT2D eigenvalue weighted by molar-refractivity contribution is 6.32. The zero-order valence-corrected chi connectivity index (χ0v) is 30.7. The van der Waals surface area contributed by atoms with Gasteiger partial charge in [-0.1, -0.05) is 55.8 Å². The number of nitrogens with two attached hydrogens (primary N) is 1. The van der Waals surface area contributed by atoms with E-state index in [4.69, 9.17) is 22.1 Å². The summed E-state index contributed by atoms with van der Waals surface area (Å²) in [4.78, 5) is 35.2. The van der Waals surface area contributed by atoms with Crippen molar-refractivity contribution in [3.05, 3.63) is 77.2 Å². The summed E-state index contributed by atoms with van der Waals surface area (Å²) in [6.45, 7) is -1.99. The number of hydrogen-bond donors (Lipinski definition) is 1. The molecule has 2 atom stereocenters. The number of amides is 1. The lowest BCUT2D eigenvalue weighted by atomic mass is 9.74. The molecule has 3 heterocycles. The van der Waals surface area contributed by atoms with Crippen molar-refractivity contribution in [2.45, 2.75) is 89.1 Å². The second kappa shape index (κ2) is 14.1. The number of guanidine groups is 1. The van der Waals surface area contributed by atoms with E-state index in [0.29, 0.717) is 16.1 Å². The minimum atomic E-state index is -4.81. The second-order valence-electron chi connectivity index (χ2n) is 15.0. The predicted octanol–water partition coefficient (Wildman–Crippen LogP) is 6.85. The molecule has 1 aliphatic heterocycles. The van der Waals surface area contributed by atoms with Crippen molar-refractivity contribution in [2.75, 3.05) is 6.61 Å². The van der Waals surface area contributed by atoms with Crippen molar-refractivity contribution in [1.29, 1.82) is 0 Å². The fourth-order valence-corrected chi connectivity index (χ4v) is 7.05. The van der Waals surface area contributed by atoms with Crippen LogP contribution in [0.1, 0.15) is 82.1 Å². The molecule has 2 aromatic carbocycles. The van der Waals surface area contributed by atoms with E-state index in [1.165, 1.54) is 36.5 Å². The maximum absolute atomic E-state index is 14.9. The van der Waals surface area contributed by atoms with Crippen LogP contribution in [0.2, 0.25) is 5.02 Å². The van der Waals surface area contributed by atoms with Crippen LogP contribution < -0.4 is 10.4 Å². The summed E-state index contributed by atoms with van der Waals surface area (Å²) >= 11 is 6.43. The van der Waals surface area contributed by atoms with Crippen molar-refractivity contribution >= 4 is 29.4 Å². The van der Waals surface area contributed by atoms with Gasteiger partial charge in [0.1, 0.15) is 12.3 Å². The van der Waals surface area contributed by atoms with Gasteiger partial charge in [0, 0.05) is 20.9 Å². The Hall–Kier alpha value is -5.07. The van der Waals surface area contributed by atoms with Gasteiger partial charge in [0.25, 0.3) is 5.91 Å². The zero-order chi connectivity index (χ0) is 40.4. The third-order valence-electron chi connectivity index (χ3n) is 10.6. The van der Waals surface area contributed by atoms with E-state index in [1.807, 2.05) is 0 Å². The van der Waals surface area contributed by atoms with Crippen molar-refractivity contribution in [3.63, 3.8) is 0 Å². The van der Waals surface area contributed by atoms with Gasteiger partial charge in [0.15, 0.2) is 23.4 Å². The van der Waals surface area contributed by atoms with Crippen LogP contribution in [0.25, 0.3) is 16.9 Å². The molecule has 12 nitrogen and oxygen atoms in total. The van der Waals surface area contributed by atoms with E-state index < -0.39 is 78.8 Å². The van der Waals surface area contributed by atoms with Crippen molar-refractivity contribution in [1.82, 2.24) is 29.8 Å². The monoisotopic (exact) mass is 810 g/mol. The molecular formula is C36H36ClF7N9O3+. The first-order valence-corrected chi connectivity index (χ1v) is 18.0. The molecule has 2 N–H and O–H groups in total. The number of alkyl halides is 7. The topological polar surface area (TPSA) is 137 Å². The molecule has 3 aliphatic rings. The molecule has 2 aliphatic carbocycles. The molecule has 20 heteroatoms. The highest BCUT2D eigenvalue weighted by atomic mass is 35.5. The summed E-state index contributed by atoms with van der Waals surface area (Å²) in [6.07, 6.45) is -3.25. The van der Waals surface area contributed by atoms with E-state index in [1.54, 1.807) is 23.1 Å². The number of carbonyl (C=O) groups is 2. The Morgan fingerprint density at radius 1 is 1.07 bits per heavy atom. The highest BCUT2D eigenvalue weighted by Crippen LogP contribution is 2.54. The largest absolute Gasteiger partial charge is 0.463 e. The Morgan fingerprint density at radius 2 is 1.77 bits per heavy atom. The quantitative estimate of drug-likeness (QED) is 0.0836. The van der Waals surface area contributed by atoms with Crippen LogP contribution in [0, 0.1) is 10.8 Å². The third kappa shape index (κ3) is 7.20. The molecule has 0 bridgehead atoms. The second-order valence-corrected chi connectivity index (χ2v) is 15.4. The number of aliphatic imine (C=N–C) groups is 1. The molecule has 1 amide bonds. The van der Waals surface area contributed by atoms with E-state index in [0.717, 1.165) is 42.5 Å². The minimum Gasteiger partial charge on any atom is -0.463 e. The van der Waals surface area contributed by atoms with Crippen LogP contribution in [0.15, 0.2) is 66.0 Å². The number of aromatic nitrogens is 6. The van der Waals surface area contributed by atoms with Gasteiger partial charge in [-0.15, -0.1) is 4.68 Å². The number of ether oxygens (including phenoxy) is 1.